The van der Waals surface area contributed by atoms with E-state index in [1.165, 1.54) is 0 Å². The summed E-state index contributed by atoms with van der Waals surface area (Å²) < 4.78 is 0. The number of carbonyl (C=O) groups is 1. The molecule has 8 heteroatoms. The third kappa shape index (κ3) is 4.58. The standard InChI is InChI=1S/C18H15N3O5/c19-11-14(18(24)20-7-6-12-4-2-1-3-5-12)8-13-9-15(21(25)26)17(23)16(22)10-13/h1-5,8-10,22-23H,6-7H2,(H,20,24)/b14-8+. The average Bonchev–Trinajstić information content (AvgIpc) is 2.62. The minimum Gasteiger partial charge on any atom is -0.504 e. The normalized spacial score (nSPS) is 10.8. The summed E-state index contributed by atoms with van der Waals surface area (Å²) in [5, 5.41) is 41.6. The van der Waals surface area contributed by atoms with Crippen molar-refractivity contribution < 1.29 is 19.9 Å². The van der Waals surface area contributed by atoms with Gasteiger partial charge in [-0.1, -0.05) is 30.3 Å². The third-order valence-electron chi connectivity index (χ3n) is 3.51. The van der Waals surface area contributed by atoms with E-state index in [4.69, 9.17) is 5.26 Å². The predicted molar refractivity (Wildman–Crippen MR) is 93.2 cm³/mol. The number of nitro benzene ring substituents is 1. The van der Waals surface area contributed by atoms with Crippen molar-refractivity contribution in [2.75, 3.05) is 6.54 Å². The molecule has 3 N–H and O–H groups in total. The SMILES string of the molecule is N#C/C(=C\c1cc(O)c(O)c([N+](=O)[O-])c1)C(=O)NCCc1ccccc1. The van der Waals surface area contributed by atoms with Crippen molar-refractivity contribution in [2.45, 2.75) is 6.42 Å². The smallest absolute Gasteiger partial charge is 0.315 e. The minimum atomic E-state index is -0.877. The topological polar surface area (TPSA) is 136 Å². The molecule has 2 aromatic carbocycles. The molecule has 2 aromatic rings. The lowest BCUT2D eigenvalue weighted by Gasteiger charge is -2.05. The number of nitrogens with one attached hydrogen (secondary N) is 1. The van der Waals surface area contributed by atoms with Crippen LogP contribution in [0.3, 0.4) is 0 Å². The molecule has 0 radical (unpaired) electrons. The summed E-state index contributed by atoms with van der Waals surface area (Å²) in [6.45, 7) is 0.308. The van der Waals surface area contributed by atoms with E-state index in [1.54, 1.807) is 6.07 Å². The van der Waals surface area contributed by atoms with E-state index < -0.39 is 28.0 Å². The summed E-state index contributed by atoms with van der Waals surface area (Å²) in [4.78, 5) is 22.1. The zero-order valence-corrected chi connectivity index (χ0v) is 13.5. The number of phenolic OH excluding ortho intramolecular Hbond substituents is 2. The second-order valence-corrected chi connectivity index (χ2v) is 5.33. The molecule has 0 saturated carbocycles. The highest BCUT2D eigenvalue weighted by atomic mass is 16.6. The van der Waals surface area contributed by atoms with Gasteiger partial charge in [-0.3, -0.25) is 14.9 Å². The largest absolute Gasteiger partial charge is 0.504 e. The van der Waals surface area contributed by atoms with Crippen LogP contribution in [0.4, 0.5) is 5.69 Å². The van der Waals surface area contributed by atoms with Crippen LogP contribution in [-0.4, -0.2) is 27.6 Å². The fraction of sp³-hybridized carbons (Fsp3) is 0.111. The monoisotopic (exact) mass is 353 g/mol. The summed E-state index contributed by atoms with van der Waals surface area (Å²) >= 11 is 0. The first-order valence-corrected chi connectivity index (χ1v) is 7.56. The van der Waals surface area contributed by atoms with Crippen LogP contribution in [0.15, 0.2) is 48.0 Å². The van der Waals surface area contributed by atoms with E-state index in [1.807, 2.05) is 30.3 Å². The Hall–Kier alpha value is -3.86. The molecule has 132 valence electrons. The molecule has 0 aliphatic carbocycles. The molecule has 0 aliphatic rings. The summed E-state index contributed by atoms with van der Waals surface area (Å²) in [7, 11) is 0. The molecule has 2 rings (SSSR count). The van der Waals surface area contributed by atoms with Gasteiger partial charge in [0.25, 0.3) is 5.91 Å². The Morgan fingerprint density at radius 3 is 2.58 bits per heavy atom. The van der Waals surface area contributed by atoms with Gasteiger partial charge in [-0.15, -0.1) is 0 Å². The minimum absolute atomic E-state index is 0.0433. The van der Waals surface area contributed by atoms with Gasteiger partial charge in [-0.25, -0.2) is 0 Å². The molecule has 0 unspecified atom stereocenters. The lowest BCUT2D eigenvalue weighted by atomic mass is 10.1. The summed E-state index contributed by atoms with van der Waals surface area (Å²) in [6.07, 6.45) is 1.68. The lowest BCUT2D eigenvalue weighted by Crippen LogP contribution is -2.26. The van der Waals surface area contributed by atoms with Crippen molar-refractivity contribution in [3.63, 3.8) is 0 Å². The highest BCUT2D eigenvalue weighted by Crippen LogP contribution is 2.36. The van der Waals surface area contributed by atoms with E-state index in [-0.39, 0.29) is 11.1 Å². The number of nitrogens with zero attached hydrogens (tertiary/aromatic N) is 2. The number of hydrogen-bond acceptors (Lipinski definition) is 6. The van der Waals surface area contributed by atoms with Crippen molar-refractivity contribution in [3.05, 3.63) is 69.3 Å². The van der Waals surface area contributed by atoms with Gasteiger partial charge in [-0.2, -0.15) is 5.26 Å². The Kier molecular flexibility index (Phi) is 5.90. The molecule has 1 amide bonds. The molecule has 0 saturated heterocycles. The number of phenols is 2. The molecule has 0 aromatic heterocycles. The van der Waals surface area contributed by atoms with Crippen LogP contribution in [0, 0.1) is 21.4 Å². The molecule has 8 nitrogen and oxygen atoms in total. The van der Waals surface area contributed by atoms with Crippen molar-refractivity contribution >= 4 is 17.7 Å². The number of carbonyl (C=O) groups excluding carboxylic acids is 1. The first-order valence-electron chi connectivity index (χ1n) is 7.56. The van der Waals surface area contributed by atoms with Crippen LogP contribution >= 0.6 is 0 Å². The molecule has 0 fully saturated rings. The maximum atomic E-state index is 12.1. The van der Waals surface area contributed by atoms with Crippen molar-refractivity contribution in [2.24, 2.45) is 0 Å². The molecular weight excluding hydrogens is 338 g/mol. The van der Waals surface area contributed by atoms with Gasteiger partial charge < -0.3 is 15.5 Å². The highest BCUT2D eigenvalue weighted by Gasteiger charge is 2.19. The van der Waals surface area contributed by atoms with Crippen molar-refractivity contribution in [1.82, 2.24) is 5.32 Å². The quantitative estimate of drug-likeness (QED) is 0.239. The summed E-state index contributed by atoms with van der Waals surface area (Å²) in [5.41, 5.74) is 0.0617. The molecule has 0 bridgehead atoms. The molecule has 0 atom stereocenters. The molecular formula is C18H15N3O5. The van der Waals surface area contributed by atoms with Gasteiger partial charge in [0.2, 0.25) is 5.75 Å². The number of nitriles is 1. The third-order valence-corrected chi connectivity index (χ3v) is 3.51. The lowest BCUT2D eigenvalue weighted by molar-refractivity contribution is -0.386. The Balaban J connectivity index is 2.13. The van der Waals surface area contributed by atoms with Gasteiger partial charge in [-0.05, 0) is 29.7 Å². The van der Waals surface area contributed by atoms with E-state index >= 15 is 0 Å². The molecule has 26 heavy (non-hydrogen) atoms. The zero-order valence-electron chi connectivity index (χ0n) is 13.5. The number of hydrogen-bond donors (Lipinski definition) is 3. The second-order valence-electron chi connectivity index (χ2n) is 5.33. The van der Waals surface area contributed by atoms with Gasteiger partial charge in [0.1, 0.15) is 11.6 Å². The van der Waals surface area contributed by atoms with Gasteiger partial charge in [0.15, 0.2) is 5.75 Å². The number of nitro groups is 1. The highest BCUT2D eigenvalue weighted by molar-refractivity contribution is 6.01. The zero-order chi connectivity index (χ0) is 19.1. The van der Waals surface area contributed by atoms with Crippen LogP contribution in [-0.2, 0) is 11.2 Å². The average molecular weight is 353 g/mol. The van der Waals surface area contributed by atoms with Crippen molar-refractivity contribution in [1.29, 1.82) is 5.26 Å². The molecule has 0 spiro atoms. The van der Waals surface area contributed by atoms with Crippen LogP contribution < -0.4 is 5.32 Å². The fourth-order valence-corrected chi connectivity index (χ4v) is 2.22. The number of rotatable bonds is 6. The number of amides is 1. The first-order chi connectivity index (χ1) is 12.4. The second kappa shape index (κ2) is 8.30. The van der Waals surface area contributed by atoms with E-state index in [2.05, 4.69) is 5.32 Å². The van der Waals surface area contributed by atoms with Crippen LogP contribution in [0.25, 0.3) is 6.08 Å². The maximum Gasteiger partial charge on any atom is 0.315 e. The van der Waals surface area contributed by atoms with Crippen molar-refractivity contribution in [3.8, 4) is 17.6 Å². The van der Waals surface area contributed by atoms with E-state index in [0.717, 1.165) is 23.8 Å². The van der Waals surface area contributed by atoms with E-state index in [0.29, 0.717) is 13.0 Å². The van der Waals surface area contributed by atoms with Gasteiger partial charge in [0, 0.05) is 12.6 Å². The summed E-state index contributed by atoms with van der Waals surface area (Å²) in [5.74, 6) is -2.23. The summed E-state index contributed by atoms with van der Waals surface area (Å²) in [6, 6.07) is 13.2. The fourth-order valence-electron chi connectivity index (χ4n) is 2.22. The van der Waals surface area contributed by atoms with Gasteiger partial charge in [0.05, 0.1) is 4.92 Å². The Bertz CT molecular complexity index is 901. The molecule has 0 aliphatic heterocycles. The Morgan fingerprint density at radius 1 is 1.27 bits per heavy atom. The number of benzene rings is 2. The van der Waals surface area contributed by atoms with Crippen LogP contribution in [0.5, 0.6) is 11.5 Å². The van der Waals surface area contributed by atoms with Crippen LogP contribution in [0.2, 0.25) is 0 Å². The Labute approximate surface area is 148 Å². The number of aromatic hydroxyl groups is 2. The van der Waals surface area contributed by atoms with E-state index in [9.17, 15) is 25.1 Å². The van der Waals surface area contributed by atoms with Crippen LogP contribution in [0.1, 0.15) is 11.1 Å². The Morgan fingerprint density at radius 2 is 1.96 bits per heavy atom. The van der Waals surface area contributed by atoms with Gasteiger partial charge >= 0.3 is 5.69 Å². The maximum absolute atomic E-state index is 12.1. The first kappa shape index (κ1) is 18.5. The molecule has 0 heterocycles. The predicted octanol–water partition coefficient (Wildman–Crippen LogP) is 2.27.